The van der Waals surface area contributed by atoms with Crippen LogP contribution in [0.2, 0.25) is 0 Å². The predicted octanol–water partition coefficient (Wildman–Crippen LogP) is 2.92. The fraction of sp³-hybridized carbons (Fsp3) is 0.692. The van der Waals surface area contributed by atoms with Gasteiger partial charge in [0.15, 0.2) is 5.96 Å². The molecule has 0 amide bonds. The fourth-order valence-electron chi connectivity index (χ4n) is 1.76. The van der Waals surface area contributed by atoms with Crippen molar-refractivity contribution in [2.24, 2.45) is 10.9 Å². The number of aromatic nitrogens is 1. The molecule has 1 fully saturated rings. The van der Waals surface area contributed by atoms with Crippen molar-refractivity contribution in [1.29, 1.82) is 0 Å². The van der Waals surface area contributed by atoms with Crippen molar-refractivity contribution < 1.29 is 0 Å². The Labute approximate surface area is 136 Å². The lowest BCUT2D eigenvalue weighted by atomic mass is 10.3. The molecule has 1 aromatic heterocycles. The number of thiazole rings is 1. The van der Waals surface area contributed by atoms with E-state index in [0.717, 1.165) is 30.0 Å². The van der Waals surface area contributed by atoms with Gasteiger partial charge in [-0.25, -0.2) is 9.98 Å². The van der Waals surface area contributed by atoms with Crippen molar-refractivity contribution in [2.75, 3.05) is 13.1 Å². The number of rotatable bonds is 6. The van der Waals surface area contributed by atoms with Gasteiger partial charge in [-0.05, 0) is 26.2 Å². The van der Waals surface area contributed by atoms with Crippen molar-refractivity contribution in [2.45, 2.75) is 39.7 Å². The molecule has 1 heterocycles. The summed E-state index contributed by atoms with van der Waals surface area (Å²) in [5.74, 6) is 1.87. The highest BCUT2D eigenvalue weighted by Crippen LogP contribution is 2.31. The van der Waals surface area contributed by atoms with Crippen molar-refractivity contribution in [3.05, 3.63) is 16.1 Å². The normalized spacial score (nSPS) is 14.9. The van der Waals surface area contributed by atoms with Crippen molar-refractivity contribution in [3.63, 3.8) is 0 Å². The molecular weight excluding hydrogens is 371 g/mol. The van der Waals surface area contributed by atoms with E-state index in [1.165, 1.54) is 24.1 Å². The minimum absolute atomic E-state index is 0. The van der Waals surface area contributed by atoms with E-state index in [1.807, 2.05) is 6.20 Å². The van der Waals surface area contributed by atoms with Crippen LogP contribution in [-0.2, 0) is 6.54 Å². The van der Waals surface area contributed by atoms with Crippen molar-refractivity contribution in [3.8, 4) is 0 Å². The summed E-state index contributed by atoms with van der Waals surface area (Å²) in [6.45, 7) is 6.74. The maximum absolute atomic E-state index is 4.56. The zero-order chi connectivity index (χ0) is 12.8. The molecule has 1 aromatic rings. The average molecular weight is 394 g/mol. The van der Waals surface area contributed by atoms with E-state index in [9.17, 15) is 0 Å². The van der Waals surface area contributed by atoms with Crippen LogP contribution in [0.5, 0.6) is 0 Å². The molecule has 108 valence electrons. The summed E-state index contributed by atoms with van der Waals surface area (Å²) in [7, 11) is 0. The summed E-state index contributed by atoms with van der Waals surface area (Å²) in [4.78, 5) is 10.1. The van der Waals surface area contributed by atoms with Crippen LogP contribution in [-0.4, -0.2) is 24.0 Å². The zero-order valence-electron chi connectivity index (χ0n) is 11.6. The van der Waals surface area contributed by atoms with Gasteiger partial charge in [-0.1, -0.05) is 12.8 Å². The van der Waals surface area contributed by atoms with Crippen LogP contribution in [0.3, 0.4) is 0 Å². The Kier molecular flexibility index (Phi) is 7.67. The lowest BCUT2D eigenvalue weighted by molar-refractivity contribution is 0.685. The zero-order valence-corrected chi connectivity index (χ0v) is 14.8. The third-order valence-electron chi connectivity index (χ3n) is 2.93. The third kappa shape index (κ3) is 6.56. The largest absolute Gasteiger partial charge is 0.357 e. The maximum atomic E-state index is 4.56. The van der Waals surface area contributed by atoms with Crippen LogP contribution in [0.4, 0.5) is 0 Å². The Morgan fingerprint density at radius 3 is 2.84 bits per heavy atom. The highest BCUT2D eigenvalue weighted by Gasteiger charge is 2.20. The van der Waals surface area contributed by atoms with Crippen LogP contribution in [0, 0.1) is 12.8 Å². The highest BCUT2D eigenvalue weighted by molar-refractivity contribution is 14.0. The van der Waals surface area contributed by atoms with Crippen LogP contribution in [0.25, 0.3) is 0 Å². The van der Waals surface area contributed by atoms with Crippen LogP contribution in [0.15, 0.2) is 11.2 Å². The van der Waals surface area contributed by atoms with E-state index in [1.54, 1.807) is 11.3 Å². The summed E-state index contributed by atoms with van der Waals surface area (Å²) >= 11 is 1.71. The molecule has 2 rings (SSSR count). The summed E-state index contributed by atoms with van der Waals surface area (Å²) in [6, 6.07) is 0. The number of hydrogen-bond donors (Lipinski definition) is 2. The molecule has 0 unspecified atom stereocenters. The number of aryl methyl sites for hydroxylation is 1. The molecule has 0 aliphatic heterocycles. The van der Waals surface area contributed by atoms with E-state index in [-0.39, 0.29) is 24.0 Å². The van der Waals surface area contributed by atoms with Crippen molar-refractivity contribution in [1.82, 2.24) is 15.6 Å². The van der Waals surface area contributed by atoms with Gasteiger partial charge < -0.3 is 10.6 Å². The highest BCUT2D eigenvalue weighted by atomic mass is 127. The number of guanidine groups is 1. The monoisotopic (exact) mass is 394 g/mol. The molecule has 0 saturated heterocycles. The third-order valence-corrected chi connectivity index (χ3v) is 3.83. The molecule has 1 saturated carbocycles. The molecule has 0 spiro atoms. The van der Waals surface area contributed by atoms with E-state index < -0.39 is 0 Å². The average Bonchev–Trinajstić information content (AvgIpc) is 3.08. The predicted molar refractivity (Wildman–Crippen MR) is 92.4 cm³/mol. The molecule has 0 aromatic carbocycles. The molecule has 0 radical (unpaired) electrons. The number of nitrogens with zero attached hydrogens (tertiary/aromatic N) is 2. The molecule has 1 aliphatic rings. The Morgan fingerprint density at radius 1 is 1.47 bits per heavy atom. The number of nitrogens with one attached hydrogen (secondary N) is 2. The van der Waals surface area contributed by atoms with Crippen molar-refractivity contribution >= 4 is 41.3 Å². The molecule has 0 atom stereocenters. The van der Waals surface area contributed by atoms with Gasteiger partial charge in [0.2, 0.25) is 0 Å². The van der Waals surface area contributed by atoms with E-state index in [0.29, 0.717) is 6.54 Å². The topological polar surface area (TPSA) is 49.3 Å². The van der Waals surface area contributed by atoms with E-state index >= 15 is 0 Å². The molecular formula is C13H23IN4S. The lowest BCUT2D eigenvalue weighted by Gasteiger charge is -2.10. The second-order valence-electron chi connectivity index (χ2n) is 4.72. The van der Waals surface area contributed by atoms with Gasteiger partial charge in [0, 0.05) is 24.2 Å². The quantitative estimate of drug-likeness (QED) is 0.443. The summed E-state index contributed by atoms with van der Waals surface area (Å²) in [5, 5.41) is 7.73. The Bertz CT molecular complexity index is 401. The first kappa shape index (κ1) is 16.7. The number of halogens is 1. The molecule has 19 heavy (non-hydrogen) atoms. The van der Waals surface area contributed by atoms with Gasteiger partial charge in [0.05, 0.1) is 6.54 Å². The maximum Gasteiger partial charge on any atom is 0.191 e. The summed E-state index contributed by atoms with van der Waals surface area (Å²) in [5.41, 5.74) is 0. The van der Waals surface area contributed by atoms with Gasteiger partial charge in [0.1, 0.15) is 5.01 Å². The van der Waals surface area contributed by atoms with Gasteiger partial charge in [-0.3, -0.25) is 0 Å². The molecule has 4 nitrogen and oxygen atoms in total. The van der Waals surface area contributed by atoms with Gasteiger partial charge in [-0.2, -0.15) is 0 Å². The summed E-state index contributed by atoms with van der Waals surface area (Å²) in [6.07, 6.45) is 5.99. The molecule has 2 N–H and O–H groups in total. The van der Waals surface area contributed by atoms with E-state index in [4.69, 9.17) is 0 Å². The first-order valence-corrected chi connectivity index (χ1v) is 7.53. The standard InChI is InChI=1S/C13H22N4S.HI/c1-3-14-13(15-7-6-11-4-5-11)17-9-12-16-8-10(2)18-12;/h8,11H,3-7,9H2,1-2H3,(H2,14,15,17);1H. The smallest absolute Gasteiger partial charge is 0.191 e. The Hall–Kier alpha value is -0.370. The minimum atomic E-state index is 0. The van der Waals surface area contributed by atoms with Gasteiger partial charge in [-0.15, -0.1) is 35.3 Å². The summed E-state index contributed by atoms with van der Waals surface area (Å²) < 4.78 is 0. The van der Waals surface area contributed by atoms with E-state index in [2.05, 4.69) is 34.5 Å². The molecule has 0 bridgehead atoms. The second kappa shape index (κ2) is 8.73. The first-order chi connectivity index (χ1) is 8.78. The van der Waals surface area contributed by atoms with Crippen LogP contribution < -0.4 is 10.6 Å². The Balaban J connectivity index is 0.00000180. The second-order valence-corrected chi connectivity index (χ2v) is 6.04. The molecule has 6 heteroatoms. The minimum Gasteiger partial charge on any atom is -0.357 e. The SMILES string of the molecule is CCNC(=NCc1ncc(C)s1)NCCC1CC1.I. The lowest BCUT2D eigenvalue weighted by Crippen LogP contribution is -2.37. The molecule has 1 aliphatic carbocycles. The van der Waals surface area contributed by atoms with Gasteiger partial charge in [0.25, 0.3) is 0 Å². The number of hydrogen-bond acceptors (Lipinski definition) is 3. The van der Waals surface area contributed by atoms with Gasteiger partial charge >= 0.3 is 0 Å². The number of aliphatic imine (C=N–C) groups is 1. The first-order valence-electron chi connectivity index (χ1n) is 6.71. The van der Waals surface area contributed by atoms with Crippen LogP contribution in [0.1, 0.15) is 36.1 Å². The fourth-order valence-corrected chi connectivity index (χ4v) is 2.48. The van der Waals surface area contributed by atoms with Crippen LogP contribution >= 0.6 is 35.3 Å². The Morgan fingerprint density at radius 2 is 2.26 bits per heavy atom.